The first-order valence-corrected chi connectivity index (χ1v) is 10.4. The van der Waals surface area contributed by atoms with Crippen LogP contribution in [0, 0.1) is 5.41 Å². The van der Waals surface area contributed by atoms with Gasteiger partial charge >= 0.3 is 0 Å². The minimum atomic E-state index is -3.47. The van der Waals surface area contributed by atoms with E-state index in [0.29, 0.717) is 11.4 Å². The van der Waals surface area contributed by atoms with Crippen LogP contribution in [-0.4, -0.2) is 30.4 Å². The van der Waals surface area contributed by atoms with E-state index >= 15 is 0 Å². The van der Waals surface area contributed by atoms with Crippen LogP contribution in [0.25, 0.3) is 0 Å². The topological polar surface area (TPSA) is 57.6 Å². The zero-order valence-electron chi connectivity index (χ0n) is 15.3. The number of hydrogen-bond acceptors (Lipinski definition) is 3. The fraction of sp³-hybridized carbons (Fsp3) is 0.684. The third-order valence-electron chi connectivity index (χ3n) is 5.01. The Balaban J connectivity index is 2.21. The highest BCUT2D eigenvalue weighted by atomic mass is 32.2. The van der Waals surface area contributed by atoms with Crippen LogP contribution in [0.15, 0.2) is 29.2 Å². The van der Waals surface area contributed by atoms with Crippen LogP contribution in [0.4, 0.5) is 0 Å². The van der Waals surface area contributed by atoms with Crippen molar-refractivity contribution < 1.29 is 13.5 Å². The van der Waals surface area contributed by atoms with E-state index in [4.69, 9.17) is 0 Å². The highest BCUT2D eigenvalue weighted by Crippen LogP contribution is 2.36. The van der Waals surface area contributed by atoms with Gasteiger partial charge in [0.2, 0.25) is 10.0 Å². The summed E-state index contributed by atoms with van der Waals surface area (Å²) in [7, 11) is -3.47. The molecule has 1 aliphatic heterocycles. The average molecular weight is 354 g/mol. The lowest BCUT2D eigenvalue weighted by atomic mass is 9.81. The molecule has 1 heterocycles. The molecule has 1 aromatic carbocycles. The summed E-state index contributed by atoms with van der Waals surface area (Å²) in [5.41, 5.74) is 0.893. The number of hydrogen-bond donors (Lipinski definition) is 1. The summed E-state index contributed by atoms with van der Waals surface area (Å²) in [4.78, 5) is 0.326. The van der Waals surface area contributed by atoms with Gasteiger partial charge in [0, 0.05) is 12.6 Å². The molecule has 5 heteroatoms. The first kappa shape index (κ1) is 19.4. The van der Waals surface area contributed by atoms with Crippen LogP contribution in [0.5, 0.6) is 0 Å². The Morgan fingerprint density at radius 3 is 2.46 bits per heavy atom. The van der Waals surface area contributed by atoms with E-state index < -0.39 is 16.1 Å². The number of aliphatic hydroxyl groups is 1. The molecule has 0 saturated carbocycles. The van der Waals surface area contributed by atoms with Gasteiger partial charge in [-0.2, -0.15) is 4.31 Å². The largest absolute Gasteiger partial charge is 0.389 e. The fourth-order valence-corrected chi connectivity index (χ4v) is 5.49. The smallest absolute Gasteiger partial charge is 0.243 e. The number of sulfonamides is 1. The second kappa shape index (κ2) is 7.54. The SMILES string of the molecule is CCCC(C)(C)CC1CCCN1S(=O)(=O)c1ccc(C(C)O)cc1. The molecular weight excluding hydrogens is 322 g/mol. The molecule has 2 unspecified atom stereocenters. The van der Waals surface area contributed by atoms with Crippen LogP contribution >= 0.6 is 0 Å². The lowest BCUT2D eigenvalue weighted by molar-refractivity contribution is 0.199. The van der Waals surface area contributed by atoms with Crippen molar-refractivity contribution in [2.45, 2.75) is 76.8 Å². The van der Waals surface area contributed by atoms with Crippen LogP contribution in [-0.2, 0) is 10.0 Å². The second-order valence-electron chi connectivity index (χ2n) is 7.78. The van der Waals surface area contributed by atoms with Gasteiger partial charge in [-0.05, 0) is 55.7 Å². The summed E-state index contributed by atoms with van der Waals surface area (Å²) in [5.74, 6) is 0. The van der Waals surface area contributed by atoms with Crippen molar-refractivity contribution >= 4 is 10.0 Å². The first-order valence-electron chi connectivity index (χ1n) is 8.97. The van der Waals surface area contributed by atoms with Gasteiger partial charge in [0.05, 0.1) is 11.0 Å². The highest BCUT2D eigenvalue weighted by Gasteiger charge is 2.37. The number of nitrogens with zero attached hydrogens (tertiary/aromatic N) is 1. The maximum Gasteiger partial charge on any atom is 0.243 e. The zero-order valence-corrected chi connectivity index (χ0v) is 16.1. The van der Waals surface area contributed by atoms with Crippen LogP contribution in [0.2, 0.25) is 0 Å². The van der Waals surface area contributed by atoms with Gasteiger partial charge in [0.25, 0.3) is 0 Å². The predicted molar refractivity (Wildman–Crippen MR) is 97.3 cm³/mol. The van der Waals surface area contributed by atoms with Crippen molar-refractivity contribution in [3.8, 4) is 0 Å². The molecule has 1 aliphatic rings. The monoisotopic (exact) mass is 353 g/mol. The zero-order chi connectivity index (χ0) is 18.0. The molecule has 0 amide bonds. The average Bonchev–Trinajstić information content (AvgIpc) is 2.95. The van der Waals surface area contributed by atoms with Crippen molar-refractivity contribution in [3.05, 3.63) is 29.8 Å². The van der Waals surface area contributed by atoms with E-state index in [0.717, 1.165) is 37.7 Å². The molecule has 0 spiro atoms. The maximum atomic E-state index is 13.0. The Bertz CT molecular complexity index is 635. The lowest BCUT2D eigenvalue weighted by Gasteiger charge is -2.32. The number of rotatable bonds is 7. The number of aliphatic hydroxyl groups excluding tert-OH is 1. The fourth-order valence-electron chi connectivity index (χ4n) is 3.80. The third-order valence-corrected chi connectivity index (χ3v) is 6.97. The summed E-state index contributed by atoms with van der Waals surface area (Å²) < 4.78 is 27.8. The molecule has 2 atom stereocenters. The Morgan fingerprint density at radius 2 is 1.92 bits per heavy atom. The van der Waals surface area contributed by atoms with E-state index in [2.05, 4.69) is 20.8 Å². The highest BCUT2D eigenvalue weighted by molar-refractivity contribution is 7.89. The third kappa shape index (κ3) is 4.38. The summed E-state index contributed by atoms with van der Waals surface area (Å²) in [6, 6.07) is 6.72. The molecule has 1 fully saturated rings. The summed E-state index contributed by atoms with van der Waals surface area (Å²) in [6.45, 7) is 8.92. The quantitative estimate of drug-likeness (QED) is 0.802. The van der Waals surface area contributed by atoms with Crippen LogP contribution < -0.4 is 0 Å². The van der Waals surface area contributed by atoms with Gasteiger partial charge in [-0.25, -0.2) is 8.42 Å². The lowest BCUT2D eigenvalue weighted by Crippen LogP contribution is -2.38. The van der Waals surface area contributed by atoms with Crippen LogP contribution in [0.3, 0.4) is 0 Å². The molecule has 1 N–H and O–H groups in total. The molecule has 136 valence electrons. The minimum absolute atomic E-state index is 0.0907. The molecule has 4 nitrogen and oxygen atoms in total. The molecule has 0 aliphatic carbocycles. The molecule has 24 heavy (non-hydrogen) atoms. The summed E-state index contributed by atoms with van der Waals surface area (Å²) >= 11 is 0. The van der Waals surface area contributed by atoms with Crippen molar-refractivity contribution in [1.82, 2.24) is 4.31 Å². The summed E-state index contributed by atoms with van der Waals surface area (Å²) in [5, 5.41) is 9.59. The second-order valence-corrected chi connectivity index (χ2v) is 9.67. The molecular formula is C19H31NO3S. The normalized spacial score (nSPS) is 21.1. The van der Waals surface area contributed by atoms with Gasteiger partial charge in [-0.1, -0.05) is 39.3 Å². The van der Waals surface area contributed by atoms with Crippen molar-refractivity contribution in [1.29, 1.82) is 0 Å². The Morgan fingerprint density at radius 1 is 1.29 bits per heavy atom. The molecule has 0 bridgehead atoms. The number of benzene rings is 1. The van der Waals surface area contributed by atoms with E-state index in [1.807, 2.05) is 0 Å². The Kier molecular flexibility index (Phi) is 6.10. The van der Waals surface area contributed by atoms with E-state index in [1.54, 1.807) is 35.5 Å². The molecule has 0 radical (unpaired) electrons. The van der Waals surface area contributed by atoms with Gasteiger partial charge in [0.15, 0.2) is 0 Å². The predicted octanol–water partition coefficient (Wildman–Crippen LogP) is 4.11. The molecule has 1 aromatic rings. The van der Waals surface area contributed by atoms with Crippen molar-refractivity contribution in [2.24, 2.45) is 5.41 Å². The molecule has 0 aromatic heterocycles. The van der Waals surface area contributed by atoms with Crippen molar-refractivity contribution in [3.63, 3.8) is 0 Å². The van der Waals surface area contributed by atoms with E-state index in [-0.39, 0.29) is 11.5 Å². The van der Waals surface area contributed by atoms with Gasteiger partial charge in [0.1, 0.15) is 0 Å². The molecule has 2 rings (SSSR count). The molecule has 1 saturated heterocycles. The maximum absolute atomic E-state index is 13.0. The summed E-state index contributed by atoms with van der Waals surface area (Å²) in [6.07, 6.45) is 4.42. The minimum Gasteiger partial charge on any atom is -0.389 e. The first-order chi connectivity index (χ1) is 11.2. The van der Waals surface area contributed by atoms with Gasteiger partial charge < -0.3 is 5.11 Å². The van der Waals surface area contributed by atoms with Gasteiger partial charge in [-0.3, -0.25) is 0 Å². The van der Waals surface area contributed by atoms with Gasteiger partial charge in [-0.15, -0.1) is 0 Å². The Hall–Kier alpha value is -0.910. The van der Waals surface area contributed by atoms with Crippen LogP contribution in [0.1, 0.15) is 71.5 Å². The van der Waals surface area contributed by atoms with E-state index in [1.165, 1.54) is 0 Å². The van der Waals surface area contributed by atoms with E-state index in [9.17, 15) is 13.5 Å². The van der Waals surface area contributed by atoms with Crippen molar-refractivity contribution in [2.75, 3.05) is 6.54 Å². The Labute approximate surface area is 146 Å². The standard InChI is InChI=1S/C19H31NO3S/c1-5-12-19(3,4)14-17-7-6-13-20(17)24(22,23)18-10-8-16(9-11-18)15(2)21/h8-11,15,17,21H,5-7,12-14H2,1-4H3.